The molecule has 13 nitrogen and oxygen atoms in total. The fourth-order valence-electron chi connectivity index (χ4n) is 8.20. The van der Waals surface area contributed by atoms with Crippen molar-refractivity contribution >= 4 is 52.5 Å². The lowest BCUT2D eigenvalue weighted by Crippen LogP contribution is -2.47. The fraction of sp³-hybridized carbons (Fsp3) is 0.380. The molecule has 0 aliphatic carbocycles. The fourth-order valence-corrected chi connectivity index (χ4v) is 8.33. The Hall–Kier alpha value is -6.25. The van der Waals surface area contributed by atoms with E-state index in [1.54, 1.807) is 24.3 Å². The van der Waals surface area contributed by atoms with Gasteiger partial charge in [-0.25, -0.2) is 0 Å². The number of fused-ring (bicyclic) bond motifs is 5. The van der Waals surface area contributed by atoms with Crippen molar-refractivity contribution in [1.82, 2.24) is 15.1 Å². The number of carbonyl (C=O) groups excluding carboxylic acids is 7. The van der Waals surface area contributed by atoms with Gasteiger partial charge in [-0.1, -0.05) is 73.5 Å². The number of ketones is 4. The number of benzene rings is 4. The highest BCUT2D eigenvalue weighted by Gasteiger charge is 2.37. The highest BCUT2D eigenvalue weighted by molar-refractivity contribution is 6.30. The number of phenolic OH excluding ortho intramolecular Hbond substituents is 2. The molecule has 0 spiro atoms. The third-order valence-corrected chi connectivity index (χ3v) is 12.1. The van der Waals surface area contributed by atoms with Crippen molar-refractivity contribution in [2.24, 2.45) is 23.5 Å². The van der Waals surface area contributed by atoms with E-state index in [4.69, 9.17) is 17.3 Å². The van der Waals surface area contributed by atoms with Crippen LogP contribution in [0.4, 0.5) is 4.39 Å². The molecule has 5 N–H and O–H groups in total. The Kier molecular flexibility index (Phi) is 17.3. The van der Waals surface area contributed by atoms with Crippen LogP contribution in [0, 0.1) is 17.8 Å². The quantitative estimate of drug-likeness (QED) is 0.0642. The average Bonchev–Trinajstić information content (AvgIpc) is 3.28. The molecule has 3 amide bonds. The number of halogens is 2. The van der Waals surface area contributed by atoms with Gasteiger partial charge in [-0.3, -0.25) is 38.0 Å². The topological polar surface area (TPSA) is 204 Å². The smallest absolute Gasteiger partial charge is 0.228 e. The summed E-state index contributed by atoms with van der Waals surface area (Å²) in [6, 6.07) is 20.3. The van der Waals surface area contributed by atoms with Gasteiger partial charge < -0.3 is 31.1 Å². The number of carbonyl (C=O) groups is 7. The second-order valence-corrected chi connectivity index (χ2v) is 17.4. The summed E-state index contributed by atoms with van der Waals surface area (Å²) in [6.07, 6.45) is 0.0311. The number of nitrogens with one attached hydrogen (secondary N) is 1. The number of Topliss-reactive ketones (excluding diaryl/α,β-unsaturated/α-hetero) is 4. The number of alkyl halides is 1. The van der Waals surface area contributed by atoms with Gasteiger partial charge in [0.25, 0.3) is 0 Å². The molecule has 15 heteroatoms. The summed E-state index contributed by atoms with van der Waals surface area (Å²) in [7, 11) is 2.76. The lowest BCUT2D eigenvalue weighted by molar-refractivity contribution is -0.142. The molecule has 0 saturated heterocycles. The summed E-state index contributed by atoms with van der Waals surface area (Å²) >= 11 is 6.05. The Balaban J connectivity index is 1.48. The van der Waals surface area contributed by atoms with Crippen LogP contribution in [0.2, 0.25) is 5.02 Å². The van der Waals surface area contributed by atoms with Gasteiger partial charge >= 0.3 is 0 Å². The van der Waals surface area contributed by atoms with Gasteiger partial charge in [0.2, 0.25) is 17.7 Å². The minimum absolute atomic E-state index is 0.103. The number of nitrogens with two attached hydrogens (primary N) is 1. The largest absolute Gasteiger partial charge is 0.507 e. The predicted molar refractivity (Wildman–Crippen MR) is 245 cm³/mol. The van der Waals surface area contributed by atoms with Crippen LogP contribution in [0.3, 0.4) is 0 Å². The summed E-state index contributed by atoms with van der Waals surface area (Å²) in [6.45, 7) is 1.63. The van der Waals surface area contributed by atoms with E-state index < -0.39 is 78.6 Å². The van der Waals surface area contributed by atoms with Crippen molar-refractivity contribution in [1.29, 1.82) is 0 Å². The van der Waals surface area contributed by atoms with Gasteiger partial charge in [-0.15, -0.1) is 0 Å². The minimum Gasteiger partial charge on any atom is -0.507 e. The second-order valence-electron chi connectivity index (χ2n) is 16.9. The summed E-state index contributed by atoms with van der Waals surface area (Å²) in [4.78, 5) is 97.8. The number of aromatic hydroxyl groups is 2. The first-order valence-electron chi connectivity index (χ1n) is 21.6. The Bertz CT molecular complexity index is 2410. The Morgan fingerprint density at radius 2 is 1.43 bits per heavy atom. The highest BCUT2D eigenvalue weighted by Crippen LogP contribution is 2.40. The van der Waals surface area contributed by atoms with E-state index >= 15 is 0 Å². The van der Waals surface area contributed by atoms with Crippen LogP contribution in [0.25, 0.3) is 22.3 Å². The summed E-state index contributed by atoms with van der Waals surface area (Å²) in [5.41, 5.74) is 8.87. The van der Waals surface area contributed by atoms with Crippen molar-refractivity contribution < 1.29 is 48.2 Å². The Labute approximate surface area is 383 Å². The number of hydrogen-bond donors (Lipinski definition) is 4. The van der Waals surface area contributed by atoms with E-state index in [9.17, 15) is 48.2 Å². The molecule has 0 fully saturated rings. The second kappa shape index (κ2) is 22.6. The van der Waals surface area contributed by atoms with E-state index in [1.807, 2.05) is 24.3 Å². The van der Waals surface area contributed by atoms with Crippen molar-refractivity contribution in [3.05, 3.63) is 107 Å². The first kappa shape index (κ1) is 49.8. The van der Waals surface area contributed by atoms with Crippen molar-refractivity contribution in [2.45, 2.75) is 70.9 Å². The van der Waals surface area contributed by atoms with Crippen LogP contribution >= 0.6 is 11.6 Å². The van der Waals surface area contributed by atoms with E-state index in [0.29, 0.717) is 35.5 Å². The Morgan fingerprint density at radius 1 is 0.815 bits per heavy atom. The van der Waals surface area contributed by atoms with E-state index in [1.165, 1.54) is 69.2 Å². The monoisotopic (exact) mass is 910 g/mol. The van der Waals surface area contributed by atoms with Crippen LogP contribution in [-0.2, 0) is 35.2 Å². The van der Waals surface area contributed by atoms with E-state index in [-0.39, 0.29) is 65.6 Å². The van der Waals surface area contributed by atoms with E-state index in [0.717, 1.165) is 16.0 Å². The summed E-state index contributed by atoms with van der Waals surface area (Å²) < 4.78 is 14.3. The Morgan fingerprint density at radius 3 is 2.05 bits per heavy atom. The molecule has 344 valence electrons. The molecule has 0 radical (unpaired) electrons. The molecule has 65 heavy (non-hydrogen) atoms. The minimum atomic E-state index is -1.44. The van der Waals surface area contributed by atoms with Crippen molar-refractivity contribution in [3.63, 3.8) is 0 Å². The third kappa shape index (κ3) is 12.7. The lowest BCUT2D eigenvalue weighted by Gasteiger charge is -2.32. The van der Waals surface area contributed by atoms with Gasteiger partial charge in [-0.2, -0.15) is 0 Å². The number of unbranched alkanes of at least 4 members (excludes halogenated alkanes) is 1. The average molecular weight is 911 g/mol. The first-order chi connectivity index (χ1) is 30.9. The van der Waals surface area contributed by atoms with Crippen LogP contribution < -0.4 is 11.1 Å². The maximum Gasteiger partial charge on any atom is 0.228 e. The van der Waals surface area contributed by atoms with Gasteiger partial charge in [-0.05, 0) is 91.4 Å². The van der Waals surface area contributed by atoms with Crippen LogP contribution in [0.1, 0.15) is 79.9 Å². The lowest BCUT2D eigenvalue weighted by atomic mass is 9.87. The number of likely N-dealkylation sites (N-methyl/N-ethyl adjacent to an activating group) is 2. The molecule has 4 aromatic carbocycles. The van der Waals surface area contributed by atoms with Crippen LogP contribution in [0.5, 0.6) is 11.5 Å². The number of nitrogens with zero attached hydrogens (tertiary/aromatic N) is 2. The third-order valence-electron chi connectivity index (χ3n) is 11.8. The predicted octanol–water partition coefficient (Wildman–Crippen LogP) is 6.83. The number of phenols is 2. The van der Waals surface area contributed by atoms with Gasteiger partial charge in [0, 0.05) is 66.9 Å². The van der Waals surface area contributed by atoms with Crippen molar-refractivity contribution in [3.8, 4) is 33.8 Å². The zero-order chi connectivity index (χ0) is 47.5. The molecule has 1 aliphatic heterocycles. The number of hydrogen-bond acceptors (Lipinski definition) is 10. The molecule has 4 bridgehead atoms. The summed E-state index contributed by atoms with van der Waals surface area (Å²) in [5, 5.41) is 25.6. The zero-order valence-corrected chi connectivity index (χ0v) is 37.8. The van der Waals surface area contributed by atoms with Gasteiger partial charge in [0.1, 0.15) is 30.0 Å². The standard InChI is InChI=1S/C50H56ClFN4O9/c1-29-21-46(62)47(56(4)50(65)36(7-5-6-20-53)25-44(60)34-11-9-32(10-12-34)33-13-16-38(51)17-14-33)35-15-19-43(59)40(24-35)39-22-31(8-18-42(39)58)23-41(54-48(29)63)45(61)26-37(27-52)49(64)55(3)28-30(2)57/h8-19,22,24,29,36-37,41,47,58-59H,5-7,20-21,23,25-28,53H2,1-4H3,(H,54,63)/t29-,36-,37+,41+,47+/m1/s1. The molecule has 0 unspecified atom stereocenters. The number of rotatable bonds is 17. The molecule has 4 aromatic rings. The maximum atomic E-state index is 14.7. The summed E-state index contributed by atoms with van der Waals surface area (Å²) in [5.74, 6) is -7.76. The molecule has 5 atom stereocenters. The van der Waals surface area contributed by atoms with Gasteiger partial charge in [0.15, 0.2) is 17.3 Å². The number of amides is 3. The maximum absolute atomic E-state index is 14.7. The molecular weight excluding hydrogens is 855 g/mol. The normalized spacial score (nSPS) is 17.2. The molecule has 5 rings (SSSR count). The SMILES string of the molecule is CC(=O)CN(C)C(=O)[C@H](CF)CC(=O)[C@@H]1Cc2ccc(O)c(c2)-c2cc(ccc2O)[C@H](N(C)C(=O)[C@H](CCCCN)CC(=O)c2ccc(-c3ccc(Cl)cc3)cc2)C(=O)C[C@@H](C)C(=O)N1. The van der Waals surface area contributed by atoms with E-state index in [2.05, 4.69) is 5.32 Å². The van der Waals surface area contributed by atoms with Gasteiger partial charge in [0.05, 0.1) is 18.5 Å². The molecule has 1 aliphatic rings. The van der Waals surface area contributed by atoms with Crippen molar-refractivity contribution in [2.75, 3.05) is 33.9 Å². The molecule has 0 saturated carbocycles. The molecular formula is C50H56ClFN4O9. The van der Waals surface area contributed by atoms with Crippen LogP contribution in [-0.4, -0.2) is 101 Å². The first-order valence-corrected chi connectivity index (χ1v) is 22.0. The molecule has 0 aromatic heterocycles. The van der Waals surface area contributed by atoms with Crippen LogP contribution in [0.15, 0.2) is 84.9 Å². The molecule has 1 heterocycles. The zero-order valence-electron chi connectivity index (χ0n) is 37.0. The highest BCUT2D eigenvalue weighted by atomic mass is 35.5.